The first-order valence-electron chi connectivity index (χ1n) is 4.81. The van der Waals surface area contributed by atoms with Crippen molar-refractivity contribution in [3.8, 4) is 0 Å². The van der Waals surface area contributed by atoms with Crippen LogP contribution in [0, 0.1) is 6.33 Å². The van der Waals surface area contributed by atoms with E-state index in [0.717, 1.165) is 12.1 Å². The van der Waals surface area contributed by atoms with Crippen LogP contribution in [0.2, 0.25) is 0 Å². The lowest BCUT2D eigenvalue weighted by Crippen LogP contribution is -1.93. The van der Waals surface area contributed by atoms with E-state index in [4.69, 9.17) is 0 Å². The van der Waals surface area contributed by atoms with Crippen LogP contribution >= 0.6 is 0 Å². The molecule has 65 valence electrons. The minimum absolute atomic E-state index is 1.08. The van der Waals surface area contributed by atoms with E-state index in [-0.39, 0.29) is 0 Å². The van der Waals surface area contributed by atoms with Gasteiger partial charge in [0.25, 0.3) is 0 Å². The number of rotatable bonds is 0. The molecule has 3 rings (SSSR count). The van der Waals surface area contributed by atoms with Gasteiger partial charge in [-0.05, 0) is 30.9 Å². The van der Waals surface area contributed by atoms with Crippen LogP contribution in [0.3, 0.4) is 0 Å². The summed E-state index contributed by atoms with van der Waals surface area (Å²) in [5, 5.41) is 0. The Kier molecular flexibility index (Phi) is 1.42. The van der Waals surface area contributed by atoms with Crippen LogP contribution in [0.1, 0.15) is 18.4 Å². The van der Waals surface area contributed by atoms with Gasteiger partial charge in [-0.3, -0.25) is 0 Å². The molecule has 1 radical (unpaired) electrons. The minimum Gasteiger partial charge on any atom is -0.321 e. The van der Waals surface area contributed by atoms with Crippen molar-refractivity contribution >= 4 is 11.0 Å². The number of aryl methyl sites for hydroxylation is 2. The number of nitrogens with zero attached hydrogens (tertiary/aromatic N) is 2. The quantitative estimate of drug-likeness (QED) is 0.594. The molecule has 0 bridgehead atoms. The van der Waals surface area contributed by atoms with Crippen LogP contribution in [0.5, 0.6) is 0 Å². The van der Waals surface area contributed by atoms with Crippen molar-refractivity contribution in [2.24, 2.45) is 0 Å². The third kappa shape index (κ3) is 0.981. The van der Waals surface area contributed by atoms with Crippen molar-refractivity contribution in [3.05, 3.63) is 30.1 Å². The van der Waals surface area contributed by atoms with E-state index in [9.17, 15) is 0 Å². The fourth-order valence-electron chi connectivity index (χ4n) is 2.09. The van der Waals surface area contributed by atoms with Crippen molar-refractivity contribution in [2.75, 3.05) is 0 Å². The summed E-state index contributed by atoms with van der Waals surface area (Å²) >= 11 is 0. The van der Waals surface area contributed by atoms with Crippen LogP contribution in [-0.2, 0) is 13.0 Å². The molecule has 2 heterocycles. The summed E-state index contributed by atoms with van der Waals surface area (Å²) in [5.41, 5.74) is 3.84. The Hall–Kier alpha value is -1.31. The average molecular weight is 171 g/mol. The average Bonchev–Trinajstić information content (AvgIpc) is 2.44. The SMILES string of the molecule is [c]1nc2cccc3c2n1CCCC3. The minimum atomic E-state index is 1.08. The molecule has 1 aromatic heterocycles. The van der Waals surface area contributed by atoms with E-state index in [1.165, 1.54) is 30.3 Å². The molecule has 0 fully saturated rings. The zero-order valence-electron chi connectivity index (χ0n) is 7.45. The second-order valence-electron chi connectivity index (χ2n) is 3.61. The molecule has 2 aromatic rings. The predicted octanol–water partition coefficient (Wildman–Crippen LogP) is 2.17. The summed E-state index contributed by atoms with van der Waals surface area (Å²) in [5.74, 6) is 0. The summed E-state index contributed by atoms with van der Waals surface area (Å²) in [7, 11) is 0. The molecule has 0 N–H and O–H groups in total. The Labute approximate surface area is 77.2 Å². The van der Waals surface area contributed by atoms with E-state index in [0.29, 0.717) is 0 Å². The number of hydrogen-bond donors (Lipinski definition) is 0. The van der Waals surface area contributed by atoms with Crippen molar-refractivity contribution < 1.29 is 0 Å². The first-order valence-corrected chi connectivity index (χ1v) is 4.81. The largest absolute Gasteiger partial charge is 0.321 e. The van der Waals surface area contributed by atoms with E-state index in [2.05, 4.69) is 34.1 Å². The highest BCUT2D eigenvalue weighted by atomic mass is 15.0. The molecule has 0 saturated carbocycles. The Morgan fingerprint density at radius 2 is 2.31 bits per heavy atom. The molecule has 0 unspecified atom stereocenters. The highest BCUT2D eigenvalue weighted by Gasteiger charge is 2.10. The molecule has 2 nitrogen and oxygen atoms in total. The lowest BCUT2D eigenvalue weighted by molar-refractivity contribution is 0.637. The van der Waals surface area contributed by atoms with Gasteiger partial charge in [0.15, 0.2) is 6.33 Å². The number of hydrogen-bond acceptors (Lipinski definition) is 1. The predicted molar refractivity (Wildman–Crippen MR) is 51.5 cm³/mol. The first-order chi connectivity index (χ1) is 6.45. The smallest absolute Gasteiger partial charge is 0.177 e. The summed E-state index contributed by atoms with van der Waals surface area (Å²) in [6, 6.07) is 6.37. The summed E-state index contributed by atoms with van der Waals surface area (Å²) < 4.78 is 2.16. The lowest BCUT2D eigenvalue weighted by Gasteiger charge is -2.00. The van der Waals surface area contributed by atoms with Crippen LogP contribution in [-0.4, -0.2) is 9.55 Å². The second-order valence-corrected chi connectivity index (χ2v) is 3.61. The number of para-hydroxylation sites is 1. The van der Waals surface area contributed by atoms with Crippen LogP contribution in [0.4, 0.5) is 0 Å². The zero-order chi connectivity index (χ0) is 8.67. The molecule has 1 aliphatic heterocycles. The molecule has 0 saturated heterocycles. The summed E-state index contributed by atoms with van der Waals surface area (Å²) in [6.45, 7) is 1.08. The van der Waals surface area contributed by atoms with Gasteiger partial charge in [-0.2, -0.15) is 0 Å². The standard InChI is InChI=1S/C11H11N2/c1-2-7-13-8-12-10-6-3-5-9(4-1)11(10)13/h3,5-6H,1-2,4,7H2. The van der Waals surface area contributed by atoms with E-state index >= 15 is 0 Å². The Bertz CT molecular complexity index is 442. The molecule has 1 aromatic carbocycles. The van der Waals surface area contributed by atoms with Crippen molar-refractivity contribution in [2.45, 2.75) is 25.8 Å². The molecule has 0 amide bonds. The number of imidazole rings is 1. The fourth-order valence-corrected chi connectivity index (χ4v) is 2.09. The summed E-state index contributed by atoms with van der Waals surface area (Å²) in [4.78, 5) is 4.27. The van der Waals surface area contributed by atoms with Gasteiger partial charge >= 0.3 is 0 Å². The lowest BCUT2D eigenvalue weighted by atomic mass is 10.1. The van der Waals surface area contributed by atoms with Crippen LogP contribution in [0.15, 0.2) is 18.2 Å². The zero-order valence-corrected chi connectivity index (χ0v) is 7.45. The number of aromatic nitrogens is 2. The van der Waals surface area contributed by atoms with Crippen molar-refractivity contribution in [1.29, 1.82) is 0 Å². The third-order valence-corrected chi connectivity index (χ3v) is 2.74. The molecule has 13 heavy (non-hydrogen) atoms. The van der Waals surface area contributed by atoms with Gasteiger partial charge in [0, 0.05) is 6.54 Å². The first kappa shape index (κ1) is 7.13. The van der Waals surface area contributed by atoms with E-state index in [1.54, 1.807) is 0 Å². The second kappa shape index (κ2) is 2.59. The maximum atomic E-state index is 4.27. The van der Waals surface area contributed by atoms with Gasteiger partial charge in [-0.1, -0.05) is 12.1 Å². The normalized spacial score (nSPS) is 16.0. The van der Waals surface area contributed by atoms with Gasteiger partial charge in [-0.15, -0.1) is 0 Å². The van der Waals surface area contributed by atoms with Gasteiger partial charge in [0.05, 0.1) is 11.0 Å². The van der Waals surface area contributed by atoms with Crippen LogP contribution < -0.4 is 0 Å². The molecule has 1 aliphatic rings. The molecule has 0 atom stereocenters. The highest BCUT2D eigenvalue weighted by Crippen LogP contribution is 2.22. The molecule has 0 spiro atoms. The maximum Gasteiger partial charge on any atom is 0.177 e. The van der Waals surface area contributed by atoms with Crippen LogP contribution in [0.25, 0.3) is 11.0 Å². The molecular weight excluding hydrogens is 160 g/mol. The topological polar surface area (TPSA) is 17.8 Å². The Balaban J connectivity index is 2.40. The van der Waals surface area contributed by atoms with Crippen molar-refractivity contribution in [1.82, 2.24) is 9.55 Å². The number of benzene rings is 1. The highest BCUT2D eigenvalue weighted by molar-refractivity contribution is 5.79. The van der Waals surface area contributed by atoms with Gasteiger partial charge in [-0.25, -0.2) is 4.98 Å². The van der Waals surface area contributed by atoms with E-state index < -0.39 is 0 Å². The van der Waals surface area contributed by atoms with Gasteiger partial charge in [0.1, 0.15) is 0 Å². The Morgan fingerprint density at radius 1 is 1.31 bits per heavy atom. The van der Waals surface area contributed by atoms with Crippen molar-refractivity contribution in [3.63, 3.8) is 0 Å². The summed E-state index contributed by atoms with van der Waals surface area (Å²) in [6.07, 6.45) is 6.79. The molecular formula is C11H11N2. The molecule has 2 heteroatoms. The van der Waals surface area contributed by atoms with Gasteiger partial charge in [0.2, 0.25) is 0 Å². The monoisotopic (exact) mass is 171 g/mol. The van der Waals surface area contributed by atoms with Gasteiger partial charge < -0.3 is 4.57 Å². The van der Waals surface area contributed by atoms with E-state index in [1.807, 2.05) is 0 Å². The molecule has 0 aliphatic carbocycles. The Morgan fingerprint density at radius 3 is 3.31 bits per heavy atom. The maximum absolute atomic E-state index is 4.27. The third-order valence-electron chi connectivity index (χ3n) is 2.74. The fraction of sp³-hybridized carbons (Fsp3) is 0.364.